The molecule has 2 unspecified atom stereocenters. The third-order valence-corrected chi connectivity index (χ3v) is 13.3. The van der Waals surface area contributed by atoms with Gasteiger partial charge in [-0.15, -0.1) is 0 Å². The Morgan fingerprint density at radius 3 is 1.69 bits per heavy atom. The van der Waals surface area contributed by atoms with Crippen LogP contribution < -0.4 is 4.74 Å². The summed E-state index contributed by atoms with van der Waals surface area (Å²) in [5, 5.41) is 3.33. The van der Waals surface area contributed by atoms with Crippen molar-refractivity contribution >= 4 is 38.9 Å². The van der Waals surface area contributed by atoms with Crippen LogP contribution >= 0.6 is 0 Å². The van der Waals surface area contributed by atoms with E-state index in [1.165, 1.54) is 0 Å². The number of benzene rings is 8. The molecule has 0 saturated carbocycles. The third kappa shape index (κ3) is 5.44. The van der Waals surface area contributed by atoms with Crippen molar-refractivity contribution in [2.75, 3.05) is 0 Å². The van der Waals surface area contributed by atoms with Gasteiger partial charge in [-0.3, -0.25) is 0 Å². The van der Waals surface area contributed by atoms with E-state index in [1.807, 2.05) is 18.2 Å². The van der Waals surface area contributed by atoms with Crippen molar-refractivity contribution in [3.8, 4) is 67.6 Å². The normalized spacial score (nSPS) is 16.2. The van der Waals surface area contributed by atoms with Crippen LogP contribution in [0.15, 0.2) is 211 Å². The van der Waals surface area contributed by atoms with Crippen LogP contribution in [0.2, 0.25) is 0 Å². The standard InChI is InChI=1S/C59H39N3O2/c1-59-47-31-32-51-54(56(47)64-53(59)33-30-43-42-26-15-17-29-52(42)63-57(43)59)44-27-14-16-28-50(44)62(51)55-45(37-18-6-2-7-19-37)34-41(35-46(55)38-20-8-3-9-21-38)58-60-48(39-22-10-4-11-23-39)36-49(61-58)40-24-12-5-13-25-40/h2-36,53H,1H3. The average Bonchev–Trinajstić information content (AvgIpc) is 4.02. The van der Waals surface area contributed by atoms with Crippen LogP contribution in [0.4, 0.5) is 0 Å². The van der Waals surface area contributed by atoms with Gasteiger partial charge in [-0.25, -0.2) is 9.97 Å². The zero-order valence-electron chi connectivity index (χ0n) is 34.9. The van der Waals surface area contributed by atoms with Gasteiger partial charge in [0.05, 0.1) is 38.9 Å². The predicted molar refractivity (Wildman–Crippen MR) is 260 cm³/mol. The lowest BCUT2D eigenvalue weighted by atomic mass is 9.72. The summed E-state index contributed by atoms with van der Waals surface area (Å²) in [5.74, 6) is 2.50. The summed E-state index contributed by atoms with van der Waals surface area (Å²) in [5.41, 5.74) is 14.9. The van der Waals surface area contributed by atoms with Crippen molar-refractivity contribution in [2.45, 2.75) is 18.4 Å². The lowest BCUT2D eigenvalue weighted by Gasteiger charge is -2.30. The van der Waals surface area contributed by atoms with E-state index < -0.39 is 5.41 Å². The van der Waals surface area contributed by atoms with Crippen LogP contribution in [-0.2, 0) is 5.41 Å². The molecule has 8 aromatic carbocycles. The minimum absolute atomic E-state index is 0.227. The summed E-state index contributed by atoms with van der Waals surface area (Å²) in [6, 6.07) is 70.4. The number of fused-ring (bicyclic) bond motifs is 11. The predicted octanol–water partition coefficient (Wildman–Crippen LogP) is 14.7. The minimum atomic E-state index is -0.519. The summed E-state index contributed by atoms with van der Waals surface area (Å²) in [4.78, 5) is 10.6. The van der Waals surface area contributed by atoms with E-state index in [4.69, 9.17) is 19.1 Å². The highest BCUT2D eigenvalue weighted by atomic mass is 16.5. The molecule has 0 N–H and O–H groups in total. The van der Waals surface area contributed by atoms with Crippen molar-refractivity contribution in [2.24, 2.45) is 0 Å². The number of aromatic nitrogens is 3. The molecular weight excluding hydrogens is 783 g/mol. The third-order valence-electron chi connectivity index (χ3n) is 13.3. The fourth-order valence-corrected chi connectivity index (χ4v) is 10.3. The monoisotopic (exact) mass is 821 g/mol. The molecule has 0 spiro atoms. The van der Waals surface area contributed by atoms with Gasteiger partial charge in [-0.05, 0) is 60.5 Å². The molecule has 0 amide bonds. The second-order valence-electron chi connectivity index (χ2n) is 17.0. The molecule has 2 atom stereocenters. The molecule has 0 radical (unpaired) electrons. The van der Waals surface area contributed by atoms with Crippen LogP contribution in [0, 0.1) is 0 Å². The van der Waals surface area contributed by atoms with Gasteiger partial charge in [0.25, 0.3) is 0 Å². The topological polar surface area (TPSA) is 53.1 Å². The number of hydrogen-bond acceptors (Lipinski definition) is 4. The van der Waals surface area contributed by atoms with E-state index in [-0.39, 0.29) is 6.10 Å². The van der Waals surface area contributed by atoms with Gasteiger partial charge in [0.2, 0.25) is 0 Å². The largest absolute Gasteiger partial charge is 0.484 e. The summed E-state index contributed by atoms with van der Waals surface area (Å²) < 4.78 is 16.3. The number of hydrogen-bond donors (Lipinski definition) is 0. The highest BCUT2D eigenvalue weighted by Gasteiger charge is 2.52. The quantitative estimate of drug-likeness (QED) is 0.168. The molecule has 11 aromatic rings. The zero-order valence-corrected chi connectivity index (χ0v) is 34.9. The van der Waals surface area contributed by atoms with Gasteiger partial charge in [0.1, 0.15) is 23.2 Å². The Bertz CT molecular complexity index is 3530. The van der Waals surface area contributed by atoms with Crippen molar-refractivity contribution in [3.63, 3.8) is 0 Å². The van der Waals surface area contributed by atoms with Gasteiger partial charge >= 0.3 is 0 Å². The lowest BCUT2D eigenvalue weighted by molar-refractivity contribution is 0.209. The second kappa shape index (κ2) is 14.1. The van der Waals surface area contributed by atoms with Crippen molar-refractivity contribution in [1.82, 2.24) is 14.5 Å². The maximum absolute atomic E-state index is 7.16. The molecule has 302 valence electrons. The molecule has 64 heavy (non-hydrogen) atoms. The van der Waals surface area contributed by atoms with Crippen LogP contribution in [0.1, 0.15) is 23.8 Å². The molecular formula is C59H39N3O2. The molecule has 0 saturated heterocycles. The Morgan fingerprint density at radius 1 is 0.516 bits per heavy atom. The maximum atomic E-state index is 7.16. The van der Waals surface area contributed by atoms with Gasteiger partial charge < -0.3 is 13.7 Å². The van der Waals surface area contributed by atoms with Gasteiger partial charge in [-0.2, -0.15) is 0 Å². The van der Waals surface area contributed by atoms with Crippen molar-refractivity contribution < 1.29 is 9.15 Å². The summed E-state index contributed by atoms with van der Waals surface area (Å²) in [6.45, 7) is 2.27. The van der Waals surface area contributed by atoms with E-state index in [2.05, 4.69) is 206 Å². The molecule has 5 heteroatoms. The van der Waals surface area contributed by atoms with Crippen LogP contribution in [-0.4, -0.2) is 20.6 Å². The van der Waals surface area contributed by atoms with E-state index >= 15 is 0 Å². The highest BCUT2D eigenvalue weighted by Crippen LogP contribution is 2.57. The molecule has 0 bridgehead atoms. The molecule has 0 fully saturated rings. The van der Waals surface area contributed by atoms with E-state index in [0.717, 1.165) is 111 Å². The molecule has 3 aromatic heterocycles. The van der Waals surface area contributed by atoms with E-state index in [1.54, 1.807) is 0 Å². The number of para-hydroxylation sites is 2. The first kappa shape index (κ1) is 36.4. The molecule has 1 aliphatic carbocycles. The first-order valence-corrected chi connectivity index (χ1v) is 21.8. The Labute approximate surface area is 370 Å². The van der Waals surface area contributed by atoms with Crippen LogP contribution in [0.3, 0.4) is 0 Å². The summed E-state index contributed by atoms with van der Waals surface area (Å²) in [7, 11) is 0. The van der Waals surface area contributed by atoms with E-state index in [9.17, 15) is 0 Å². The average molecular weight is 822 g/mol. The van der Waals surface area contributed by atoms with Crippen LogP contribution in [0.25, 0.3) is 101 Å². The fourth-order valence-electron chi connectivity index (χ4n) is 10.3. The minimum Gasteiger partial charge on any atom is -0.484 e. The molecule has 4 heterocycles. The number of nitrogens with zero attached hydrogens (tertiary/aromatic N) is 3. The Kier molecular flexibility index (Phi) is 8.03. The fraction of sp³-hybridized carbons (Fsp3) is 0.0508. The van der Waals surface area contributed by atoms with Gasteiger partial charge in [0.15, 0.2) is 5.82 Å². The summed E-state index contributed by atoms with van der Waals surface area (Å²) in [6.07, 6.45) is 4.17. The highest BCUT2D eigenvalue weighted by molar-refractivity contribution is 6.14. The first-order valence-electron chi connectivity index (χ1n) is 21.8. The smallest absolute Gasteiger partial charge is 0.160 e. The Balaban J connectivity index is 1.10. The van der Waals surface area contributed by atoms with E-state index in [0.29, 0.717) is 5.82 Å². The Morgan fingerprint density at radius 2 is 1.06 bits per heavy atom. The number of ether oxygens (including phenoxy) is 1. The molecule has 2 aliphatic rings. The second-order valence-corrected chi connectivity index (χ2v) is 17.0. The molecule has 5 nitrogen and oxygen atoms in total. The van der Waals surface area contributed by atoms with Gasteiger partial charge in [-0.1, -0.05) is 170 Å². The van der Waals surface area contributed by atoms with Gasteiger partial charge in [0, 0.05) is 49.7 Å². The van der Waals surface area contributed by atoms with Crippen molar-refractivity contribution in [1.29, 1.82) is 0 Å². The first-order chi connectivity index (χ1) is 31.6. The van der Waals surface area contributed by atoms with Crippen LogP contribution in [0.5, 0.6) is 5.75 Å². The SMILES string of the molecule is CC12c3ccc4c(c3OC1C=Cc1c2oc2ccccc12)c1ccccc1n4-c1c(-c2ccccc2)cc(-c2nc(-c3ccccc3)cc(-c3ccccc3)n2)cc1-c1ccccc1. The maximum Gasteiger partial charge on any atom is 0.160 e. The number of furan rings is 1. The number of rotatable bonds is 6. The summed E-state index contributed by atoms with van der Waals surface area (Å²) >= 11 is 0. The Hall–Kier alpha value is -8.28. The van der Waals surface area contributed by atoms with Crippen molar-refractivity contribution in [3.05, 3.63) is 223 Å². The lowest BCUT2D eigenvalue weighted by Crippen LogP contribution is -2.36. The molecule has 1 aliphatic heterocycles. The molecule has 13 rings (SSSR count). The zero-order chi connectivity index (χ0) is 42.4.